The monoisotopic (exact) mass is 304 g/mol. The Morgan fingerprint density at radius 3 is 2.77 bits per heavy atom. The molecule has 1 saturated carbocycles. The first-order valence-corrected chi connectivity index (χ1v) is 8.60. The molecule has 1 aliphatic heterocycles. The Labute approximate surface area is 133 Å². The Balaban J connectivity index is 1.61. The van der Waals surface area contributed by atoms with E-state index in [1.54, 1.807) is 0 Å². The molecule has 1 aromatic heterocycles. The molecule has 0 bridgehead atoms. The summed E-state index contributed by atoms with van der Waals surface area (Å²) in [6, 6.07) is 2.59. The first-order valence-electron chi connectivity index (χ1n) is 8.60. The summed E-state index contributed by atoms with van der Waals surface area (Å²) in [7, 11) is 2.10. The Morgan fingerprint density at radius 2 is 2.05 bits per heavy atom. The van der Waals surface area contributed by atoms with Crippen LogP contribution in [-0.4, -0.2) is 60.8 Å². The molecule has 0 aromatic carbocycles. The predicted molar refractivity (Wildman–Crippen MR) is 88.4 cm³/mol. The van der Waals surface area contributed by atoms with Gasteiger partial charge in [0.15, 0.2) is 0 Å². The lowest BCUT2D eigenvalue weighted by Crippen LogP contribution is -2.47. The molecular formula is C17H28N4O. The third kappa shape index (κ3) is 3.76. The molecule has 1 saturated heterocycles. The van der Waals surface area contributed by atoms with Gasteiger partial charge in [0.1, 0.15) is 0 Å². The maximum absolute atomic E-state index is 5.43. The van der Waals surface area contributed by atoms with Gasteiger partial charge in [-0.2, -0.15) is 0 Å². The van der Waals surface area contributed by atoms with E-state index in [9.17, 15) is 0 Å². The molecule has 2 aliphatic rings. The maximum Gasteiger partial charge on any atom is 0.225 e. The molecule has 1 atom stereocenters. The fourth-order valence-corrected chi connectivity index (χ4v) is 3.61. The van der Waals surface area contributed by atoms with Crippen LogP contribution >= 0.6 is 0 Å². The number of morpholine rings is 1. The van der Waals surface area contributed by atoms with E-state index in [0.29, 0.717) is 12.0 Å². The summed E-state index contributed by atoms with van der Waals surface area (Å²) < 4.78 is 5.43. The number of hydrogen-bond donors (Lipinski definition) is 0. The molecule has 0 N–H and O–H groups in total. The number of ether oxygens (including phenoxy) is 1. The van der Waals surface area contributed by atoms with Gasteiger partial charge in [0.25, 0.3) is 0 Å². The average Bonchev–Trinajstić information content (AvgIpc) is 3.10. The van der Waals surface area contributed by atoms with Gasteiger partial charge >= 0.3 is 0 Å². The number of likely N-dealkylation sites (N-methyl/N-ethyl adjacent to an activating group) is 1. The van der Waals surface area contributed by atoms with E-state index in [-0.39, 0.29) is 0 Å². The van der Waals surface area contributed by atoms with Gasteiger partial charge in [0.2, 0.25) is 5.95 Å². The Kier molecular flexibility index (Phi) is 5.26. The van der Waals surface area contributed by atoms with Crippen LogP contribution in [0, 0.1) is 0 Å². The Bertz CT molecular complexity index is 469. The van der Waals surface area contributed by atoms with Gasteiger partial charge in [-0.15, -0.1) is 0 Å². The highest BCUT2D eigenvalue weighted by Crippen LogP contribution is 2.33. The number of nitrogens with zero attached hydrogens (tertiary/aromatic N) is 4. The lowest BCUT2D eigenvalue weighted by atomic mass is 10.0. The van der Waals surface area contributed by atoms with E-state index < -0.39 is 0 Å². The quantitative estimate of drug-likeness (QED) is 0.835. The fourth-order valence-electron chi connectivity index (χ4n) is 3.61. The van der Waals surface area contributed by atoms with Gasteiger partial charge in [-0.25, -0.2) is 9.97 Å². The molecule has 22 heavy (non-hydrogen) atoms. The summed E-state index contributed by atoms with van der Waals surface area (Å²) in [4.78, 5) is 14.0. The number of rotatable bonds is 5. The van der Waals surface area contributed by atoms with Crippen LogP contribution in [0.5, 0.6) is 0 Å². The smallest absolute Gasteiger partial charge is 0.225 e. The molecule has 1 aromatic rings. The molecule has 5 nitrogen and oxygen atoms in total. The third-order valence-corrected chi connectivity index (χ3v) is 4.99. The van der Waals surface area contributed by atoms with Crippen molar-refractivity contribution in [2.24, 2.45) is 0 Å². The molecule has 2 fully saturated rings. The molecular weight excluding hydrogens is 276 g/mol. The summed E-state index contributed by atoms with van der Waals surface area (Å²) >= 11 is 0. The van der Waals surface area contributed by atoms with Gasteiger partial charge in [0.05, 0.1) is 13.2 Å². The molecule has 122 valence electrons. The molecule has 0 spiro atoms. The van der Waals surface area contributed by atoms with Crippen molar-refractivity contribution in [3.05, 3.63) is 18.0 Å². The van der Waals surface area contributed by atoms with Crippen LogP contribution in [0.1, 0.15) is 44.2 Å². The number of aromatic nitrogens is 2. The highest BCUT2D eigenvalue weighted by atomic mass is 16.5. The molecule has 0 radical (unpaired) electrons. The summed E-state index contributed by atoms with van der Waals surface area (Å²) in [6.07, 6.45) is 7.17. The SMILES string of the molecule is C[C@@H](CN(C)c1nccc(C2CCCC2)n1)N1CCOCC1. The van der Waals surface area contributed by atoms with Crippen molar-refractivity contribution in [3.8, 4) is 0 Å². The molecule has 1 aliphatic carbocycles. The van der Waals surface area contributed by atoms with E-state index >= 15 is 0 Å². The maximum atomic E-state index is 5.43. The first-order chi connectivity index (χ1) is 10.7. The highest BCUT2D eigenvalue weighted by molar-refractivity contribution is 5.30. The van der Waals surface area contributed by atoms with Crippen LogP contribution in [-0.2, 0) is 4.74 Å². The van der Waals surface area contributed by atoms with Crippen molar-refractivity contribution in [2.75, 3.05) is 44.8 Å². The highest BCUT2D eigenvalue weighted by Gasteiger charge is 2.21. The van der Waals surface area contributed by atoms with Crippen LogP contribution in [0.25, 0.3) is 0 Å². The van der Waals surface area contributed by atoms with Crippen molar-refractivity contribution in [3.63, 3.8) is 0 Å². The lowest BCUT2D eigenvalue weighted by molar-refractivity contribution is 0.0217. The summed E-state index contributed by atoms with van der Waals surface area (Å²) in [5, 5.41) is 0. The van der Waals surface area contributed by atoms with Crippen LogP contribution in [0.2, 0.25) is 0 Å². The Morgan fingerprint density at radius 1 is 1.32 bits per heavy atom. The average molecular weight is 304 g/mol. The summed E-state index contributed by atoms with van der Waals surface area (Å²) in [5.74, 6) is 1.51. The van der Waals surface area contributed by atoms with Crippen LogP contribution in [0.3, 0.4) is 0 Å². The Hall–Kier alpha value is -1.20. The standard InChI is InChI=1S/C17H28N4O/c1-14(21-9-11-22-12-10-21)13-20(2)17-18-8-7-16(19-17)15-5-3-4-6-15/h7-8,14-15H,3-6,9-13H2,1-2H3/t14-/m0/s1. The fraction of sp³-hybridized carbons (Fsp3) is 0.765. The number of anilines is 1. The minimum absolute atomic E-state index is 0.493. The van der Waals surface area contributed by atoms with Crippen molar-refractivity contribution in [1.82, 2.24) is 14.9 Å². The molecule has 2 heterocycles. The van der Waals surface area contributed by atoms with E-state index in [0.717, 1.165) is 38.8 Å². The zero-order chi connectivity index (χ0) is 15.4. The summed E-state index contributed by atoms with van der Waals surface area (Å²) in [5.41, 5.74) is 1.23. The van der Waals surface area contributed by atoms with Crippen LogP contribution < -0.4 is 4.90 Å². The van der Waals surface area contributed by atoms with E-state index in [1.807, 2.05) is 6.20 Å². The van der Waals surface area contributed by atoms with E-state index in [4.69, 9.17) is 9.72 Å². The van der Waals surface area contributed by atoms with Crippen molar-refractivity contribution in [1.29, 1.82) is 0 Å². The summed E-state index contributed by atoms with van der Waals surface area (Å²) in [6.45, 7) is 6.98. The zero-order valence-electron chi connectivity index (χ0n) is 13.9. The van der Waals surface area contributed by atoms with Crippen molar-refractivity contribution >= 4 is 5.95 Å². The van der Waals surface area contributed by atoms with Crippen LogP contribution in [0.4, 0.5) is 5.95 Å². The minimum Gasteiger partial charge on any atom is -0.379 e. The second-order valence-electron chi connectivity index (χ2n) is 6.64. The van der Waals surface area contributed by atoms with Gasteiger partial charge in [0, 0.05) is 50.5 Å². The van der Waals surface area contributed by atoms with E-state index in [1.165, 1.54) is 31.4 Å². The van der Waals surface area contributed by atoms with E-state index in [2.05, 4.69) is 34.8 Å². The zero-order valence-corrected chi connectivity index (χ0v) is 13.9. The second-order valence-corrected chi connectivity index (χ2v) is 6.64. The van der Waals surface area contributed by atoms with Gasteiger partial charge < -0.3 is 9.64 Å². The topological polar surface area (TPSA) is 41.5 Å². The lowest BCUT2D eigenvalue weighted by Gasteiger charge is -2.34. The van der Waals surface area contributed by atoms with Gasteiger partial charge in [-0.3, -0.25) is 4.90 Å². The minimum atomic E-state index is 0.493. The molecule has 0 unspecified atom stereocenters. The van der Waals surface area contributed by atoms with Gasteiger partial charge in [-0.05, 0) is 25.8 Å². The van der Waals surface area contributed by atoms with Crippen molar-refractivity contribution < 1.29 is 4.74 Å². The van der Waals surface area contributed by atoms with Crippen molar-refractivity contribution in [2.45, 2.75) is 44.6 Å². The molecule has 0 amide bonds. The normalized spacial score (nSPS) is 21.9. The largest absolute Gasteiger partial charge is 0.379 e. The first kappa shape index (κ1) is 15.7. The predicted octanol–water partition coefficient (Wildman–Crippen LogP) is 2.29. The molecule has 3 rings (SSSR count). The third-order valence-electron chi connectivity index (χ3n) is 4.99. The van der Waals surface area contributed by atoms with Gasteiger partial charge in [-0.1, -0.05) is 12.8 Å². The molecule has 5 heteroatoms. The second kappa shape index (κ2) is 7.38. The number of hydrogen-bond acceptors (Lipinski definition) is 5. The van der Waals surface area contributed by atoms with Crippen LogP contribution in [0.15, 0.2) is 12.3 Å².